The van der Waals surface area contributed by atoms with Crippen molar-refractivity contribution >= 4 is 11.5 Å². The van der Waals surface area contributed by atoms with Gasteiger partial charge in [0, 0.05) is 5.70 Å². The fraction of sp³-hybridized carbons (Fsp3) is 0.429. The molecule has 13 heavy (non-hydrogen) atoms. The van der Waals surface area contributed by atoms with Gasteiger partial charge in [-0.3, -0.25) is 5.41 Å². The lowest BCUT2D eigenvalue weighted by Crippen LogP contribution is -2.25. The van der Waals surface area contributed by atoms with Crippen LogP contribution >= 0.6 is 0 Å². The van der Waals surface area contributed by atoms with Gasteiger partial charge < -0.3 is 11.5 Å². The van der Waals surface area contributed by atoms with Crippen LogP contribution in [0, 0.1) is 10.9 Å². The lowest BCUT2D eigenvalue weighted by atomic mass is 10.1. The van der Waals surface area contributed by atoms with Crippen LogP contribution in [0.2, 0.25) is 0 Å². The highest BCUT2D eigenvalue weighted by Crippen LogP contribution is 2.22. The van der Waals surface area contributed by atoms with Gasteiger partial charge in [-0.15, -0.1) is 5.10 Å². The number of nitrogens with zero attached hydrogens (tertiary/aromatic N) is 2. The van der Waals surface area contributed by atoms with Crippen LogP contribution in [0.25, 0.3) is 0 Å². The summed E-state index contributed by atoms with van der Waals surface area (Å²) in [6.07, 6.45) is 2.52. The molecule has 0 aliphatic heterocycles. The maximum atomic E-state index is 7.59. The molecular weight excluding hydrogens is 168 g/mol. The third-order valence-electron chi connectivity index (χ3n) is 1.98. The van der Waals surface area contributed by atoms with E-state index in [1.54, 1.807) is 0 Å². The minimum atomic E-state index is -0.0464. The predicted octanol–water partition coefficient (Wildman–Crippen LogP) is 0.706. The Morgan fingerprint density at radius 1 is 1.38 bits per heavy atom. The summed E-state index contributed by atoms with van der Waals surface area (Å²) in [5, 5.41) is 13.6. The Labute approximate surface area is 75.7 Å². The third-order valence-corrected chi connectivity index (χ3v) is 1.98. The third kappa shape index (κ3) is 1.90. The van der Waals surface area contributed by atoms with Crippen molar-refractivity contribution in [1.29, 1.82) is 10.9 Å². The van der Waals surface area contributed by atoms with E-state index in [1.807, 2.05) is 0 Å². The van der Waals surface area contributed by atoms with Crippen LogP contribution in [0.4, 0.5) is 0 Å². The van der Waals surface area contributed by atoms with E-state index in [9.17, 15) is 0 Å². The van der Waals surface area contributed by atoms with Crippen molar-refractivity contribution in [1.82, 2.24) is 0 Å². The topological polar surface area (TPSA) is 124 Å². The largest absolute Gasteiger partial charge is 0.402 e. The van der Waals surface area contributed by atoms with Crippen molar-refractivity contribution in [2.75, 3.05) is 0 Å². The minimum absolute atomic E-state index is 0.0464. The second-order valence-corrected chi connectivity index (χ2v) is 2.82. The molecule has 0 aromatic carbocycles. The standard InChI is InChI=1S/C7H12N6/c8-5-3-1-2-4(5)6(9)7(10)12-13-11/h9H,1-3,8H2,(H3,10,11,12). The Morgan fingerprint density at radius 3 is 2.54 bits per heavy atom. The molecule has 1 rings (SSSR count). The smallest absolute Gasteiger partial charge is 0.173 e. The van der Waals surface area contributed by atoms with Crippen LogP contribution in [0.15, 0.2) is 21.6 Å². The van der Waals surface area contributed by atoms with Crippen molar-refractivity contribution < 1.29 is 0 Å². The summed E-state index contributed by atoms with van der Waals surface area (Å²) in [5.41, 5.74) is 19.1. The molecule has 6 nitrogen and oxygen atoms in total. The quantitative estimate of drug-likeness (QED) is 0.221. The van der Waals surface area contributed by atoms with Gasteiger partial charge in [-0.1, -0.05) is 5.22 Å². The van der Waals surface area contributed by atoms with Crippen molar-refractivity contribution in [3.63, 3.8) is 0 Å². The zero-order chi connectivity index (χ0) is 9.84. The average Bonchev–Trinajstić information content (AvgIpc) is 2.50. The summed E-state index contributed by atoms with van der Waals surface area (Å²) in [5.74, 6) is -0.0464. The molecule has 0 saturated carbocycles. The molecular formula is C7H12N6. The highest BCUT2D eigenvalue weighted by Gasteiger charge is 2.18. The summed E-state index contributed by atoms with van der Waals surface area (Å²) in [6, 6.07) is 0. The molecule has 0 bridgehead atoms. The average molecular weight is 180 g/mol. The van der Waals surface area contributed by atoms with Gasteiger partial charge in [-0.25, -0.2) is 0 Å². The number of nitrogens with two attached hydrogens (primary N) is 2. The first-order valence-electron chi connectivity index (χ1n) is 3.93. The second kappa shape index (κ2) is 3.79. The van der Waals surface area contributed by atoms with E-state index in [2.05, 4.69) is 10.3 Å². The summed E-state index contributed by atoms with van der Waals surface area (Å²) in [7, 11) is 0. The van der Waals surface area contributed by atoms with Crippen LogP contribution in [0.5, 0.6) is 0 Å². The van der Waals surface area contributed by atoms with E-state index in [0.29, 0.717) is 5.70 Å². The molecule has 0 saturated heterocycles. The van der Waals surface area contributed by atoms with Crippen LogP contribution in [0.1, 0.15) is 19.3 Å². The van der Waals surface area contributed by atoms with Gasteiger partial charge in [0.05, 0.1) is 0 Å². The Balaban J connectivity index is 2.84. The van der Waals surface area contributed by atoms with Gasteiger partial charge in [0.2, 0.25) is 0 Å². The van der Waals surface area contributed by atoms with Crippen LogP contribution in [-0.4, -0.2) is 11.5 Å². The molecule has 6 N–H and O–H groups in total. The Morgan fingerprint density at radius 2 is 2.08 bits per heavy atom. The van der Waals surface area contributed by atoms with E-state index in [1.165, 1.54) is 0 Å². The van der Waals surface area contributed by atoms with Crippen LogP contribution < -0.4 is 11.5 Å². The SMILES string of the molecule is N=N/N=C(\N)C(=N)C1=C(N)CCC1. The molecule has 0 amide bonds. The van der Waals surface area contributed by atoms with E-state index in [-0.39, 0.29) is 11.5 Å². The first-order valence-corrected chi connectivity index (χ1v) is 3.93. The number of nitrogens with one attached hydrogen (secondary N) is 2. The number of allylic oxidation sites excluding steroid dienone is 1. The van der Waals surface area contributed by atoms with E-state index in [4.69, 9.17) is 22.4 Å². The normalized spacial score (nSPS) is 17.7. The highest BCUT2D eigenvalue weighted by atomic mass is 15.3. The Kier molecular flexibility index (Phi) is 2.73. The molecule has 0 aromatic heterocycles. The summed E-state index contributed by atoms with van der Waals surface area (Å²) >= 11 is 0. The lowest BCUT2D eigenvalue weighted by Gasteiger charge is -2.03. The van der Waals surface area contributed by atoms with Crippen molar-refractivity contribution in [3.8, 4) is 0 Å². The molecule has 0 heterocycles. The Bertz CT molecular complexity index is 300. The molecule has 0 fully saturated rings. The highest BCUT2D eigenvalue weighted by molar-refractivity contribution is 6.45. The van der Waals surface area contributed by atoms with E-state index >= 15 is 0 Å². The maximum absolute atomic E-state index is 7.59. The van der Waals surface area contributed by atoms with Gasteiger partial charge in [0.15, 0.2) is 5.84 Å². The lowest BCUT2D eigenvalue weighted by molar-refractivity contribution is 0.896. The van der Waals surface area contributed by atoms with Crippen LogP contribution in [-0.2, 0) is 0 Å². The summed E-state index contributed by atoms with van der Waals surface area (Å²) in [4.78, 5) is 0. The zero-order valence-corrected chi connectivity index (χ0v) is 7.17. The second-order valence-electron chi connectivity index (χ2n) is 2.82. The number of hydrogen-bond donors (Lipinski definition) is 4. The van der Waals surface area contributed by atoms with Crippen molar-refractivity contribution in [3.05, 3.63) is 11.3 Å². The number of hydrogen-bond acceptors (Lipinski definition) is 4. The fourth-order valence-electron chi connectivity index (χ4n) is 1.31. The fourth-order valence-corrected chi connectivity index (χ4v) is 1.31. The Hall–Kier alpha value is -1.72. The van der Waals surface area contributed by atoms with Crippen molar-refractivity contribution in [2.24, 2.45) is 21.8 Å². The number of rotatable bonds is 3. The molecule has 0 unspecified atom stereocenters. The monoisotopic (exact) mass is 180 g/mol. The molecule has 1 aliphatic rings. The molecule has 70 valence electrons. The molecule has 6 heteroatoms. The first kappa shape index (κ1) is 9.37. The molecule has 0 atom stereocenters. The van der Waals surface area contributed by atoms with E-state index < -0.39 is 0 Å². The molecule has 0 radical (unpaired) electrons. The van der Waals surface area contributed by atoms with Crippen LogP contribution in [0.3, 0.4) is 0 Å². The summed E-state index contributed by atoms with van der Waals surface area (Å²) < 4.78 is 0. The van der Waals surface area contributed by atoms with Gasteiger partial charge in [-0.2, -0.15) is 5.53 Å². The van der Waals surface area contributed by atoms with Gasteiger partial charge in [-0.05, 0) is 24.8 Å². The number of amidine groups is 1. The zero-order valence-electron chi connectivity index (χ0n) is 7.17. The summed E-state index contributed by atoms with van der Waals surface area (Å²) in [6.45, 7) is 0. The van der Waals surface area contributed by atoms with Crippen molar-refractivity contribution in [2.45, 2.75) is 19.3 Å². The van der Waals surface area contributed by atoms with Gasteiger partial charge >= 0.3 is 0 Å². The van der Waals surface area contributed by atoms with E-state index in [0.717, 1.165) is 24.8 Å². The predicted molar refractivity (Wildman–Crippen MR) is 49.6 cm³/mol. The molecule has 1 aliphatic carbocycles. The van der Waals surface area contributed by atoms with Gasteiger partial charge in [0.1, 0.15) is 5.71 Å². The maximum Gasteiger partial charge on any atom is 0.173 e. The molecule has 0 aromatic rings. The first-order chi connectivity index (χ1) is 6.16. The minimum Gasteiger partial charge on any atom is -0.402 e. The van der Waals surface area contributed by atoms with Gasteiger partial charge in [0.25, 0.3) is 0 Å². The molecule has 0 spiro atoms.